The summed E-state index contributed by atoms with van der Waals surface area (Å²) < 4.78 is 0. The van der Waals surface area contributed by atoms with E-state index in [1.165, 1.54) is 0 Å². The Morgan fingerprint density at radius 1 is 0.750 bits per heavy atom. The van der Waals surface area contributed by atoms with Gasteiger partial charge in [0.1, 0.15) is 0 Å². The molecule has 0 saturated heterocycles. The number of benzene rings is 3. The largest absolute Gasteiger partial charge is 0.465 e. The first-order chi connectivity index (χ1) is 19.3. The Morgan fingerprint density at radius 3 is 1.80 bits per heavy atom. The van der Waals surface area contributed by atoms with Crippen molar-refractivity contribution < 1.29 is 30.0 Å². The Morgan fingerprint density at radius 2 is 1.25 bits per heavy atom. The fourth-order valence-corrected chi connectivity index (χ4v) is 5.24. The topological polar surface area (TPSA) is 151 Å². The van der Waals surface area contributed by atoms with E-state index in [-0.39, 0.29) is 19.5 Å². The quantitative estimate of drug-likeness (QED) is 0.172. The molecule has 3 aromatic carbocycles. The maximum absolute atomic E-state index is 13.4. The second-order valence-electron chi connectivity index (χ2n) is 10.3. The number of hydrogen-bond donors (Lipinski definition) is 7. The van der Waals surface area contributed by atoms with Crippen molar-refractivity contribution in [2.24, 2.45) is 0 Å². The zero-order valence-electron chi connectivity index (χ0n) is 22.2. The lowest BCUT2D eigenvalue weighted by molar-refractivity contribution is -0.142. The molecule has 1 aliphatic carbocycles. The Bertz CT molecular complexity index is 1260. The Kier molecular flexibility index (Phi) is 9.89. The fourth-order valence-electron chi connectivity index (χ4n) is 5.24. The molecule has 0 aliphatic heterocycles. The van der Waals surface area contributed by atoms with Crippen LogP contribution in [0, 0.1) is 0 Å². The molecule has 0 fully saturated rings. The molecule has 0 heterocycles. The van der Waals surface area contributed by atoms with E-state index in [2.05, 4.69) is 16.0 Å². The monoisotopic (exact) mass is 547 g/mol. The number of amides is 2. The number of hydrogen-bond acceptors (Lipinski definition) is 6. The SMILES string of the molecule is O=C(O)N[C@@H](Cc1ccccc1)[C@H](O)CNCC(O)[C@H](Cc1ccccc1)NC(=O)C1(O)CCc2ccccc21. The summed E-state index contributed by atoms with van der Waals surface area (Å²) in [6, 6.07) is 24.5. The van der Waals surface area contributed by atoms with Crippen LogP contribution in [-0.2, 0) is 29.7 Å². The number of aliphatic hydroxyl groups excluding tert-OH is 2. The molecule has 5 atom stereocenters. The first kappa shape index (κ1) is 29.2. The second-order valence-corrected chi connectivity index (χ2v) is 10.3. The maximum atomic E-state index is 13.4. The molecule has 7 N–H and O–H groups in total. The van der Waals surface area contributed by atoms with Crippen LogP contribution in [-0.4, -0.2) is 69.8 Å². The van der Waals surface area contributed by atoms with Crippen molar-refractivity contribution in [3.8, 4) is 0 Å². The third-order valence-corrected chi connectivity index (χ3v) is 7.45. The number of carbonyl (C=O) groups is 2. The molecule has 9 heteroatoms. The number of aryl methyl sites for hydroxylation is 1. The first-order valence-electron chi connectivity index (χ1n) is 13.5. The van der Waals surface area contributed by atoms with E-state index in [9.17, 15) is 30.0 Å². The number of nitrogens with one attached hydrogen (secondary N) is 3. The van der Waals surface area contributed by atoms with E-state index in [1.54, 1.807) is 12.1 Å². The van der Waals surface area contributed by atoms with Gasteiger partial charge in [-0.2, -0.15) is 0 Å². The summed E-state index contributed by atoms with van der Waals surface area (Å²) in [5.41, 5.74) is 1.60. The number of carbonyl (C=O) groups excluding carboxylic acids is 1. The summed E-state index contributed by atoms with van der Waals surface area (Å²) in [7, 11) is 0. The van der Waals surface area contributed by atoms with Crippen molar-refractivity contribution in [1.82, 2.24) is 16.0 Å². The second kappa shape index (κ2) is 13.5. The molecule has 2 unspecified atom stereocenters. The first-order valence-corrected chi connectivity index (χ1v) is 13.5. The van der Waals surface area contributed by atoms with Crippen molar-refractivity contribution in [1.29, 1.82) is 0 Å². The van der Waals surface area contributed by atoms with Crippen LogP contribution in [0.15, 0.2) is 84.9 Å². The van der Waals surface area contributed by atoms with Crippen molar-refractivity contribution in [2.45, 2.75) is 55.6 Å². The zero-order valence-corrected chi connectivity index (χ0v) is 22.2. The van der Waals surface area contributed by atoms with Crippen molar-refractivity contribution in [3.63, 3.8) is 0 Å². The number of carboxylic acid groups (broad SMARTS) is 1. The van der Waals surface area contributed by atoms with E-state index in [4.69, 9.17) is 0 Å². The average Bonchev–Trinajstić information content (AvgIpc) is 3.31. The Balaban J connectivity index is 1.40. The van der Waals surface area contributed by atoms with Crippen LogP contribution in [0.25, 0.3) is 0 Å². The molecule has 0 saturated carbocycles. The third kappa shape index (κ3) is 7.45. The predicted molar refractivity (Wildman–Crippen MR) is 151 cm³/mol. The number of fused-ring (bicyclic) bond motifs is 1. The molecular weight excluding hydrogens is 510 g/mol. The van der Waals surface area contributed by atoms with Crippen LogP contribution in [0.1, 0.15) is 28.7 Å². The van der Waals surface area contributed by atoms with E-state index in [1.807, 2.05) is 72.8 Å². The fraction of sp³-hybridized carbons (Fsp3) is 0.355. The van der Waals surface area contributed by atoms with Gasteiger partial charge in [0.15, 0.2) is 5.60 Å². The molecule has 212 valence electrons. The van der Waals surface area contributed by atoms with Gasteiger partial charge in [0.05, 0.1) is 24.3 Å². The van der Waals surface area contributed by atoms with Gasteiger partial charge in [-0.15, -0.1) is 0 Å². The van der Waals surface area contributed by atoms with Gasteiger partial charge in [-0.25, -0.2) is 4.79 Å². The normalized spacial score (nSPS) is 19.2. The molecule has 40 heavy (non-hydrogen) atoms. The summed E-state index contributed by atoms with van der Waals surface area (Å²) in [4.78, 5) is 24.7. The van der Waals surface area contributed by atoms with Gasteiger partial charge in [0.25, 0.3) is 5.91 Å². The van der Waals surface area contributed by atoms with Crippen LogP contribution in [0.2, 0.25) is 0 Å². The molecule has 0 bridgehead atoms. The maximum Gasteiger partial charge on any atom is 0.404 e. The smallest absolute Gasteiger partial charge is 0.404 e. The summed E-state index contributed by atoms with van der Waals surface area (Å²) in [5, 5.41) is 50.7. The van der Waals surface area contributed by atoms with Gasteiger partial charge >= 0.3 is 6.09 Å². The summed E-state index contributed by atoms with van der Waals surface area (Å²) >= 11 is 0. The van der Waals surface area contributed by atoms with Crippen LogP contribution in [0.5, 0.6) is 0 Å². The van der Waals surface area contributed by atoms with Crippen LogP contribution in [0.3, 0.4) is 0 Å². The van der Waals surface area contributed by atoms with Gasteiger partial charge in [0, 0.05) is 13.1 Å². The van der Waals surface area contributed by atoms with E-state index in [0.29, 0.717) is 24.8 Å². The molecule has 0 radical (unpaired) electrons. The van der Waals surface area contributed by atoms with Gasteiger partial charge in [-0.05, 0) is 47.9 Å². The van der Waals surface area contributed by atoms with Gasteiger partial charge < -0.3 is 36.4 Å². The van der Waals surface area contributed by atoms with E-state index in [0.717, 1.165) is 16.7 Å². The molecular formula is C31H37N3O6. The highest BCUT2D eigenvalue weighted by molar-refractivity contribution is 5.88. The minimum Gasteiger partial charge on any atom is -0.465 e. The lowest BCUT2D eigenvalue weighted by Crippen LogP contribution is -2.55. The Labute approximate surface area is 233 Å². The summed E-state index contributed by atoms with van der Waals surface area (Å²) in [6.45, 7) is 0.0349. The third-order valence-electron chi connectivity index (χ3n) is 7.45. The summed E-state index contributed by atoms with van der Waals surface area (Å²) in [6.07, 6.45) is -1.90. The van der Waals surface area contributed by atoms with Crippen LogP contribution >= 0.6 is 0 Å². The van der Waals surface area contributed by atoms with Gasteiger partial charge in [-0.3, -0.25) is 4.79 Å². The highest BCUT2D eigenvalue weighted by Crippen LogP contribution is 2.37. The summed E-state index contributed by atoms with van der Waals surface area (Å²) in [5.74, 6) is -0.564. The minimum absolute atomic E-state index is 0.0121. The highest BCUT2D eigenvalue weighted by atomic mass is 16.4. The van der Waals surface area contributed by atoms with Gasteiger partial charge in [0.2, 0.25) is 0 Å². The number of rotatable bonds is 13. The molecule has 0 spiro atoms. The van der Waals surface area contributed by atoms with Crippen molar-refractivity contribution in [2.75, 3.05) is 13.1 Å². The Hall–Kier alpha value is -3.76. The molecule has 1 aliphatic rings. The van der Waals surface area contributed by atoms with Crippen LogP contribution in [0.4, 0.5) is 4.79 Å². The molecule has 9 nitrogen and oxygen atoms in total. The lowest BCUT2D eigenvalue weighted by atomic mass is 9.93. The molecule has 4 rings (SSSR count). The molecule has 3 aromatic rings. The zero-order chi connectivity index (χ0) is 28.5. The minimum atomic E-state index is -1.68. The molecule has 2 amide bonds. The van der Waals surface area contributed by atoms with E-state index < -0.39 is 41.9 Å². The lowest BCUT2D eigenvalue weighted by Gasteiger charge is -2.30. The van der Waals surface area contributed by atoms with Crippen LogP contribution < -0.4 is 16.0 Å². The van der Waals surface area contributed by atoms with Crippen molar-refractivity contribution >= 4 is 12.0 Å². The average molecular weight is 548 g/mol. The van der Waals surface area contributed by atoms with Crippen molar-refractivity contribution in [3.05, 3.63) is 107 Å². The van der Waals surface area contributed by atoms with E-state index >= 15 is 0 Å². The van der Waals surface area contributed by atoms with Gasteiger partial charge in [-0.1, -0.05) is 84.9 Å². The molecule has 0 aromatic heterocycles. The highest BCUT2D eigenvalue weighted by Gasteiger charge is 2.44. The standard InChI is InChI=1S/C31H37N3O6/c35-27(19-32-20-28(36)26(34-30(38)39)18-22-11-5-2-6-12-22)25(17-21-9-3-1-4-10-21)33-29(37)31(40)16-15-23-13-7-8-14-24(23)31/h1-14,25-28,32,34-36,40H,15-20H2,(H,33,37)(H,38,39)/t25-,26-,27?,28+,31?/m0/s1. The number of aliphatic hydroxyl groups is 3. The predicted octanol–water partition coefficient (Wildman–Crippen LogP) is 1.74.